The second-order valence-electron chi connectivity index (χ2n) is 4.21. The zero-order valence-corrected chi connectivity index (χ0v) is 13.1. The third kappa shape index (κ3) is 3.80. The standard InChI is InChI=1S/C14H10BrFN2O2S/c15-11-3-6-14(13(16)9-11)18-21(19,20)12-4-1-10(2-5-12)7-8-17/h1-6,9,18H,7H2. The van der Waals surface area contributed by atoms with Gasteiger partial charge in [0.05, 0.1) is 23.1 Å². The van der Waals surface area contributed by atoms with Crippen LogP contribution in [0.3, 0.4) is 0 Å². The average molecular weight is 369 g/mol. The lowest BCUT2D eigenvalue weighted by Gasteiger charge is -2.09. The summed E-state index contributed by atoms with van der Waals surface area (Å²) in [5.41, 5.74) is 0.588. The van der Waals surface area contributed by atoms with E-state index in [0.29, 0.717) is 10.0 Å². The topological polar surface area (TPSA) is 70.0 Å². The van der Waals surface area contributed by atoms with Gasteiger partial charge in [0.15, 0.2) is 0 Å². The molecule has 0 atom stereocenters. The Hall–Kier alpha value is -1.91. The van der Waals surface area contributed by atoms with Crippen LogP contribution < -0.4 is 4.72 Å². The molecule has 0 aliphatic heterocycles. The second kappa shape index (κ2) is 6.24. The molecule has 1 N–H and O–H groups in total. The number of hydrogen-bond donors (Lipinski definition) is 1. The zero-order valence-electron chi connectivity index (χ0n) is 10.7. The molecule has 0 unspecified atom stereocenters. The van der Waals surface area contributed by atoms with Crippen LogP contribution in [0, 0.1) is 17.1 Å². The van der Waals surface area contributed by atoms with E-state index in [4.69, 9.17) is 5.26 Å². The van der Waals surface area contributed by atoms with E-state index >= 15 is 0 Å². The Morgan fingerprint density at radius 1 is 1.19 bits per heavy atom. The van der Waals surface area contributed by atoms with Gasteiger partial charge in [0, 0.05) is 4.47 Å². The third-order valence-electron chi connectivity index (χ3n) is 2.69. The van der Waals surface area contributed by atoms with Crippen LogP contribution >= 0.6 is 15.9 Å². The van der Waals surface area contributed by atoms with Crippen LogP contribution in [0.4, 0.5) is 10.1 Å². The number of nitrogens with zero attached hydrogens (tertiary/aromatic N) is 1. The summed E-state index contributed by atoms with van der Waals surface area (Å²) in [6.45, 7) is 0. The molecule has 0 spiro atoms. The molecule has 4 nitrogen and oxygen atoms in total. The van der Waals surface area contributed by atoms with E-state index in [-0.39, 0.29) is 17.0 Å². The minimum atomic E-state index is -3.87. The number of nitrogens with one attached hydrogen (secondary N) is 1. The minimum Gasteiger partial charge on any atom is -0.277 e. The highest BCUT2D eigenvalue weighted by Crippen LogP contribution is 2.22. The van der Waals surface area contributed by atoms with E-state index in [1.54, 1.807) is 12.1 Å². The van der Waals surface area contributed by atoms with Crippen molar-refractivity contribution in [1.82, 2.24) is 0 Å². The number of halogens is 2. The predicted molar refractivity (Wildman–Crippen MR) is 80.7 cm³/mol. The van der Waals surface area contributed by atoms with Gasteiger partial charge in [-0.25, -0.2) is 12.8 Å². The van der Waals surface area contributed by atoms with Gasteiger partial charge in [0.2, 0.25) is 0 Å². The summed E-state index contributed by atoms with van der Waals surface area (Å²) in [4.78, 5) is 0.00603. The van der Waals surface area contributed by atoms with Gasteiger partial charge >= 0.3 is 0 Å². The summed E-state index contributed by atoms with van der Waals surface area (Å²) < 4.78 is 40.7. The van der Waals surface area contributed by atoms with Crippen LogP contribution in [0.25, 0.3) is 0 Å². The third-order valence-corrected chi connectivity index (χ3v) is 4.57. The van der Waals surface area contributed by atoms with Gasteiger partial charge in [0.25, 0.3) is 10.0 Å². The summed E-state index contributed by atoms with van der Waals surface area (Å²) >= 11 is 3.10. The molecule has 0 bridgehead atoms. The van der Waals surface area contributed by atoms with Gasteiger partial charge in [-0.3, -0.25) is 4.72 Å². The largest absolute Gasteiger partial charge is 0.277 e. The van der Waals surface area contributed by atoms with Gasteiger partial charge in [-0.05, 0) is 35.9 Å². The Bertz CT molecular complexity index is 799. The molecule has 0 radical (unpaired) electrons. The number of sulfonamides is 1. The first kappa shape index (κ1) is 15.5. The van der Waals surface area contributed by atoms with Crippen LogP contribution in [0.1, 0.15) is 5.56 Å². The summed E-state index contributed by atoms with van der Waals surface area (Å²) in [5, 5.41) is 8.57. The molecule has 2 rings (SSSR count). The molecule has 0 fully saturated rings. The van der Waals surface area contributed by atoms with Crippen LogP contribution in [0.15, 0.2) is 51.8 Å². The molecule has 0 aromatic heterocycles. The first-order valence-electron chi connectivity index (χ1n) is 5.86. The van der Waals surface area contributed by atoms with E-state index in [2.05, 4.69) is 20.7 Å². The highest BCUT2D eigenvalue weighted by atomic mass is 79.9. The summed E-state index contributed by atoms with van der Waals surface area (Å²) in [6.07, 6.45) is 0.203. The van der Waals surface area contributed by atoms with Crippen LogP contribution in [-0.2, 0) is 16.4 Å². The molecular weight excluding hydrogens is 359 g/mol. The van der Waals surface area contributed by atoms with Crippen molar-refractivity contribution in [2.24, 2.45) is 0 Å². The van der Waals surface area contributed by atoms with Gasteiger partial charge in [-0.1, -0.05) is 28.1 Å². The fourth-order valence-electron chi connectivity index (χ4n) is 1.65. The SMILES string of the molecule is N#CCc1ccc(S(=O)(=O)Nc2ccc(Br)cc2F)cc1. The Morgan fingerprint density at radius 2 is 1.86 bits per heavy atom. The molecule has 2 aromatic rings. The Kier molecular flexibility index (Phi) is 4.60. The summed E-state index contributed by atoms with van der Waals surface area (Å²) in [7, 11) is -3.87. The molecule has 7 heteroatoms. The Labute approximate surface area is 130 Å². The fourth-order valence-corrected chi connectivity index (χ4v) is 3.05. The molecular formula is C14H10BrFN2O2S. The van der Waals surface area contributed by atoms with E-state index in [9.17, 15) is 12.8 Å². The quantitative estimate of drug-likeness (QED) is 0.898. The van der Waals surface area contributed by atoms with Crippen molar-refractivity contribution in [1.29, 1.82) is 5.26 Å². The monoisotopic (exact) mass is 368 g/mol. The lowest BCUT2D eigenvalue weighted by atomic mass is 10.2. The maximum atomic E-state index is 13.7. The van der Waals surface area contributed by atoms with Crippen LogP contribution in [0.2, 0.25) is 0 Å². The minimum absolute atomic E-state index is 0.00603. The molecule has 0 heterocycles. The van der Waals surface area contributed by atoms with Crippen molar-refractivity contribution < 1.29 is 12.8 Å². The first-order chi connectivity index (χ1) is 9.92. The van der Waals surface area contributed by atoms with Crippen molar-refractivity contribution in [3.05, 3.63) is 58.3 Å². The van der Waals surface area contributed by atoms with Crippen molar-refractivity contribution in [2.75, 3.05) is 4.72 Å². The smallest absolute Gasteiger partial charge is 0.261 e. The van der Waals surface area contributed by atoms with Crippen LogP contribution in [-0.4, -0.2) is 8.42 Å². The lowest BCUT2D eigenvalue weighted by Crippen LogP contribution is -2.14. The highest BCUT2D eigenvalue weighted by molar-refractivity contribution is 9.10. The van der Waals surface area contributed by atoms with Crippen molar-refractivity contribution >= 4 is 31.6 Å². The molecule has 0 aliphatic carbocycles. The number of rotatable bonds is 4. The summed E-state index contributed by atoms with van der Waals surface area (Å²) in [6, 6.07) is 11.9. The number of nitriles is 1. The first-order valence-corrected chi connectivity index (χ1v) is 8.14. The number of anilines is 1. The van der Waals surface area contributed by atoms with E-state index in [1.165, 1.54) is 30.3 Å². The number of hydrogen-bond acceptors (Lipinski definition) is 3. The molecule has 2 aromatic carbocycles. The van der Waals surface area contributed by atoms with Gasteiger partial charge in [0.1, 0.15) is 5.82 Å². The average Bonchev–Trinajstić information content (AvgIpc) is 2.43. The Morgan fingerprint density at radius 3 is 2.43 bits per heavy atom. The molecule has 21 heavy (non-hydrogen) atoms. The lowest BCUT2D eigenvalue weighted by molar-refractivity contribution is 0.598. The van der Waals surface area contributed by atoms with Crippen LogP contribution in [0.5, 0.6) is 0 Å². The van der Waals surface area contributed by atoms with Gasteiger partial charge < -0.3 is 0 Å². The summed E-state index contributed by atoms with van der Waals surface area (Å²) in [5.74, 6) is -0.672. The fraction of sp³-hybridized carbons (Fsp3) is 0.0714. The van der Waals surface area contributed by atoms with Crippen molar-refractivity contribution in [2.45, 2.75) is 11.3 Å². The van der Waals surface area contributed by atoms with Crippen molar-refractivity contribution in [3.8, 4) is 6.07 Å². The van der Waals surface area contributed by atoms with E-state index in [1.807, 2.05) is 6.07 Å². The molecule has 0 amide bonds. The highest BCUT2D eigenvalue weighted by Gasteiger charge is 2.16. The Balaban J connectivity index is 2.27. The predicted octanol–water partition coefficient (Wildman–Crippen LogP) is 3.46. The molecule has 0 saturated carbocycles. The maximum Gasteiger partial charge on any atom is 0.261 e. The van der Waals surface area contributed by atoms with Crippen molar-refractivity contribution in [3.63, 3.8) is 0 Å². The van der Waals surface area contributed by atoms with E-state index in [0.717, 1.165) is 0 Å². The zero-order chi connectivity index (χ0) is 15.5. The normalized spacial score (nSPS) is 10.9. The molecule has 0 saturated heterocycles. The van der Waals surface area contributed by atoms with Gasteiger partial charge in [-0.2, -0.15) is 5.26 Å². The maximum absolute atomic E-state index is 13.7. The molecule has 108 valence electrons. The number of benzene rings is 2. The second-order valence-corrected chi connectivity index (χ2v) is 6.81. The van der Waals surface area contributed by atoms with E-state index < -0.39 is 15.8 Å². The molecule has 0 aliphatic rings. The van der Waals surface area contributed by atoms with Gasteiger partial charge in [-0.15, -0.1) is 0 Å².